The number of nitrogens with two attached hydrogens (primary N) is 1. The van der Waals surface area contributed by atoms with E-state index >= 15 is 0 Å². The number of Topliss-reactive ketones (excluding diaryl/α,β-unsaturated/α-hetero) is 1. The number of carbonyl (C=O) groups is 2. The van der Waals surface area contributed by atoms with Crippen molar-refractivity contribution in [3.05, 3.63) is 23.3 Å². The monoisotopic (exact) mass is 242 g/mol. The SMILES string of the molecule is CCC(=O)C(=O)Nc1cc(C#N)c(C#N)cc1N. The van der Waals surface area contributed by atoms with Crippen LogP contribution in [0.25, 0.3) is 0 Å². The van der Waals surface area contributed by atoms with Crippen LogP contribution in [-0.4, -0.2) is 11.7 Å². The average Bonchev–Trinajstić information content (AvgIpc) is 2.39. The molecule has 0 spiro atoms. The summed E-state index contributed by atoms with van der Waals surface area (Å²) < 4.78 is 0. The Morgan fingerprint density at radius 1 is 1.28 bits per heavy atom. The third-order valence-corrected chi connectivity index (χ3v) is 2.25. The van der Waals surface area contributed by atoms with Gasteiger partial charge in [-0.1, -0.05) is 6.92 Å². The van der Waals surface area contributed by atoms with Crippen molar-refractivity contribution in [3.63, 3.8) is 0 Å². The molecule has 6 nitrogen and oxygen atoms in total. The summed E-state index contributed by atoms with van der Waals surface area (Å²) in [5, 5.41) is 19.9. The molecule has 0 unspecified atom stereocenters. The maximum atomic E-state index is 11.4. The summed E-state index contributed by atoms with van der Waals surface area (Å²) in [6.45, 7) is 1.56. The van der Waals surface area contributed by atoms with Crippen LogP contribution < -0.4 is 11.1 Å². The van der Waals surface area contributed by atoms with Gasteiger partial charge in [-0.15, -0.1) is 0 Å². The van der Waals surface area contributed by atoms with Gasteiger partial charge >= 0.3 is 0 Å². The van der Waals surface area contributed by atoms with Gasteiger partial charge in [-0.25, -0.2) is 0 Å². The number of hydrogen-bond acceptors (Lipinski definition) is 5. The van der Waals surface area contributed by atoms with Gasteiger partial charge in [0.25, 0.3) is 5.91 Å². The van der Waals surface area contributed by atoms with E-state index in [4.69, 9.17) is 16.3 Å². The zero-order valence-corrected chi connectivity index (χ0v) is 9.65. The van der Waals surface area contributed by atoms with E-state index in [1.54, 1.807) is 6.92 Å². The first-order valence-electron chi connectivity index (χ1n) is 5.11. The van der Waals surface area contributed by atoms with Crippen molar-refractivity contribution >= 4 is 23.1 Å². The van der Waals surface area contributed by atoms with Gasteiger partial charge in [0, 0.05) is 6.42 Å². The number of carbonyl (C=O) groups excluding carboxylic acids is 2. The lowest BCUT2D eigenvalue weighted by molar-refractivity contribution is -0.134. The Balaban J connectivity index is 3.13. The average molecular weight is 242 g/mol. The number of nitrogens with one attached hydrogen (secondary N) is 1. The van der Waals surface area contributed by atoms with Crippen molar-refractivity contribution in [1.82, 2.24) is 0 Å². The van der Waals surface area contributed by atoms with Crippen molar-refractivity contribution in [2.45, 2.75) is 13.3 Å². The number of nitrogens with zero attached hydrogens (tertiary/aromatic N) is 2. The molecular weight excluding hydrogens is 232 g/mol. The van der Waals surface area contributed by atoms with Crippen LogP contribution in [0.15, 0.2) is 12.1 Å². The molecule has 18 heavy (non-hydrogen) atoms. The van der Waals surface area contributed by atoms with Crippen molar-refractivity contribution in [3.8, 4) is 12.1 Å². The summed E-state index contributed by atoms with van der Waals surface area (Å²) in [6, 6.07) is 6.19. The Hall–Kier alpha value is -2.86. The van der Waals surface area contributed by atoms with Crippen molar-refractivity contribution in [2.75, 3.05) is 11.1 Å². The van der Waals surface area contributed by atoms with Gasteiger partial charge in [0.15, 0.2) is 0 Å². The molecule has 1 rings (SSSR count). The first-order valence-corrected chi connectivity index (χ1v) is 5.11. The molecule has 0 aliphatic heterocycles. The fourth-order valence-corrected chi connectivity index (χ4v) is 1.26. The van der Waals surface area contributed by atoms with Crippen LogP contribution >= 0.6 is 0 Å². The van der Waals surface area contributed by atoms with Crippen LogP contribution in [0.2, 0.25) is 0 Å². The molecule has 0 radical (unpaired) electrons. The van der Waals surface area contributed by atoms with Crippen molar-refractivity contribution in [1.29, 1.82) is 10.5 Å². The fourth-order valence-electron chi connectivity index (χ4n) is 1.26. The molecular formula is C12H10N4O2. The Labute approximate surface area is 104 Å². The molecule has 90 valence electrons. The second-order valence-corrected chi connectivity index (χ2v) is 3.44. The van der Waals surface area contributed by atoms with Crippen molar-refractivity contribution in [2.24, 2.45) is 0 Å². The Bertz CT molecular complexity index is 593. The normalized spacial score (nSPS) is 9.06. The second kappa shape index (κ2) is 5.46. The smallest absolute Gasteiger partial charge is 0.291 e. The summed E-state index contributed by atoms with van der Waals surface area (Å²) in [5.41, 5.74) is 6.11. The van der Waals surface area contributed by atoms with E-state index in [2.05, 4.69) is 5.32 Å². The number of benzene rings is 1. The number of nitriles is 2. The highest BCUT2D eigenvalue weighted by atomic mass is 16.2. The Morgan fingerprint density at radius 2 is 1.83 bits per heavy atom. The number of amides is 1. The van der Waals surface area contributed by atoms with Crippen LogP contribution in [0.4, 0.5) is 11.4 Å². The molecule has 0 saturated carbocycles. The lowest BCUT2D eigenvalue weighted by atomic mass is 10.1. The standard InChI is InChI=1S/C12H10N4O2/c1-2-11(17)12(18)16-10-4-8(6-14)7(5-13)3-9(10)15/h3-4H,2,15H2,1H3,(H,16,18). The first-order chi connectivity index (χ1) is 8.53. The van der Waals surface area contributed by atoms with E-state index in [0.29, 0.717) is 0 Å². The number of ketones is 1. The molecule has 3 N–H and O–H groups in total. The van der Waals surface area contributed by atoms with Gasteiger partial charge in [0.1, 0.15) is 12.1 Å². The summed E-state index contributed by atoms with van der Waals surface area (Å²) in [5.74, 6) is -1.38. The molecule has 1 amide bonds. The summed E-state index contributed by atoms with van der Waals surface area (Å²) in [7, 11) is 0. The van der Waals surface area contributed by atoms with Gasteiger partial charge in [-0.3, -0.25) is 9.59 Å². The summed E-state index contributed by atoms with van der Waals surface area (Å²) >= 11 is 0. The first kappa shape index (κ1) is 13.2. The van der Waals surface area contributed by atoms with Crippen LogP contribution in [0.1, 0.15) is 24.5 Å². The maximum Gasteiger partial charge on any atom is 0.291 e. The zero-order chi connectivity index (χ0) is 13.7. The molecule has 0 heterocycles. The highest BCUT2D eigenvalue weighted by Crippen LogP contribution is 2.23. The third-order valence-electron chi connectivity index (χ3n) is 2.25. The number of rotatable bonds is 3. The van der Waals surface area contributed by atoms with E-state index in [-0.39, 0.29) is 28.9 Å². The van der Waals surface area contributed by atoms with E-state index in [9.17, 15) is 9.59 Å². The van der Waals surface area contributed by atoms with Crippen molar-refractivity contribution < 1.29 is 9.59 Å². The molecule has 0 aliphatic carbocycles. The topological polar surface area (TPSA) is 120 Å². The second-order valence-electron chi connectivity index (χ2n) is 3.44. The predicted molar refractivity (Wildman–Crippen MR) is 64.2 cm³/mol. The van der Waals surface area contributed by atoms with Crippen LogP contribution in [0, 0.1) is 22.7 Å². The van der Waals surface area contributed by atoms with E-state index in [1.165, 1.54) is 12.1 Å². The maximum absolute atomic E-state index is 11.4. The van der Waals surface area contributed by atoms with Gasteiger partial charge in [0.05, 0.1) is 22.5 Å². The molecule has 0 aliphatic rings. The largest absolute Gasteiger partial charge is 0.397 e. The summed E-state index contributed by atoms with van der Waals surface area (Å²) in [6.07, 6.45) is 0.0765. The fraction of sp³-hybridized carbons (Fsp3) is 0.167. The molecule has 0 aromatic heterocycles. The Kier molecular flexibility index (Phi) is 4.01. The zero-order valence-electron chi connectivity index (χ0n) is 9.65. The van der Waals surface area contributed by atoms with Crippen LogP contribution in [-0.2, 0) is 9.59 Å². The molecule has 0 fully saturated rings. The highest BCUT2D eigenvalue weighted by Gasteiger charge is 2.14. The molecule has 0 bridgehead atoms. The van der Waals surface area contributed by atoms with E-state index in [1.807, 2.05) is 12.1 Å². The molecule has 0 saturated heterocycles. The molecule has 1 aromatic carbocycles. The quantitative estimate of drug-likeness (QED) is 0.603. The van der Waals surface area contributed by atoms with Crippen LogP contribution in [0.3, 0.4) is 0 Å². The summed E-state index contributed by atoms with van der Waals surface area (Å²) in [4.78, 5) is 22.5. The minimum absolute atomic E-state index is 0.0765. The lowest BCUT2D eigenvalue weighted by Crippen LogP contribution is -2.22. The highest BCUT2D eigenvalue weighted by molar-refractivity contribution is 6.40. The predicted octanol–water partition coefficient (Wildman–Crippen LogP) is 0.930. The minimum Gasteiger partial charge on any atom is -0.397 e. The molecule has 0 atom stereocenters. The number of hydrogen-bond donors (Lipinski definition) is 2. The van der Waals surface area contributed by atoms with Gasteiger partial charge in [-0.2, -0.15) is 10.5 Å². The Morgan fingerprint density at radius 3 is 2.33 bits per heavy atom. The van der Waals surface area contributed by atoms with Gasteiger partial charge < -0.3 is 11.1 Å². The molecule has 1 aromatic rings. The number of anilines is 2. The van der Waals surface area contributed by atoms with E-state index in [0.717, 1.165) is 0 Å². The van der Waals surface area contributed by atoms with E-state index < -0.39 is 11.7 Å². The number of nitrogen functional groups attached to an aromatic ring is 1. The van der Waals surface area contributed by atoms with Gasteiger partial charge in [0.2, 0.25) is 5.78 Å². The lowest BCUT2D eigenvalue weighted by Gasteiger charge is -2.08. The third kappa shape index (κ3) is 2.63. The van der Waals surface area contributed by atoms with Gasteiger partial charge in [-0.05, 0) is 12.1 Å². The molecule has 6 heteroatoms. The van der Waals surface area contributed by atoms with Crippen LogP contribution in [0.5, 0.6) is 0 Å². The minimum atomic E-state index is -0.794.